The van der Waals surface area contributed by atoms with Crippen molar-refractivity contribution in [2.45, 2.75) is 63.8 Å². The number of hydrogen-bond acceptors (Lipinski definition) is 3. The van der Waals surface area contributed by atoms with E-state index in [0.717, 1.165) is 38.6 Å². The van der Waals surface area contributed by atoms with Gasteiger partial charge in [-0.15, -0.1) is 0 Å². The van der Waals surface area contributed by atoms with E-state index < -0.39 is 10.0 Å². The molecule has 1 aliphatic rings. The molecule has 0 saturated carbocycles. The van der Waals surface area contributed by atoms with Crippen LogP contribution in [0.15, 0.2) is 29.2 Å². The van der Waals surface area contributed by atoms with Gasteiger partial charge in [-0.2, -0.15) is 4.31 Å². The lowest BCUT2D eigenvalue weighted by Crippen LogP contribution is -2.42. The standard InChI is InChI=1S/C19H30N2O3S/c1-4-13-20(14-5-2)25(23,24)18-11-9-17(10-12-18)19(22)21-15-7-6-8-16(21)3/h9-12,16H,4-8,13-15H2,1-3H3/t16-/m0/s1. The zero-order valence-electron chi connectivity index (χ0n) is 15.6. The van der Waals surface area contributed by atoms with Crippen molar-refractivity contribution in [3.05, 3.63) is 29.8 Å². The zero-order chi connectivity index (χ0) is 18.4. The molecular weight excluding hydrogens is 336 g/mol. The Kier molecular flexibility index (Phi) is 7.02. The predicted molar refractivity (Wildman–Crippen MR) is 100 cm³/mol. The number of sulfonamides is 1. The highest BCUT2D eigenvalue weighted by molar-refractivity contribution is 7.89. The van der Waals surface area contributed by atoms with Gasteiger partial charge in [-0.3, -0.25) is 4.79 Å². The topological polar surface area (TPSA) is 57.7 Å². The highest BCUT2D eigenvalue weighted by Crippen LogP contribution is 2.21. The fourth-order valence-corrected chi connectivity index (χ4v) is 4.96. The summed E-state index contributed by atoms with van der Waals surface area (Å²) in [4.78, 5) is 14.8. The summed E-state index contributed by atoms with van der Waals surface area (Å²) < 4.78 is 27.1. The second-order valence-corrected chi connectivity index (χ2v) is 8.71. The van der Waals surface area contributed by atoms with Crippen LogP contribution in [-0.4, -0.2) is 49.2 Å². The van der Waals surface area contributed by atoms with Crippen LogP contribution < -0.4 is 0 Å². The van der Waals surface area contributed by atoms with E-state index in [2.05, 4.69) is 6.92 Å². The zero-order valence-corrected chi connectivity index (χ0v) is 16.4. The Morgan fingerprint density at radius 2 is 1.72 bits per heavy atom. The first kappa shape index (κ1) is 19.9. The van der Waals surface area contributed by atoms with E-state index in [-0.39, 0.29) is 16.8 Å². The Bertz CT molecular complexity index is 664. The van der Waals surface area contributed by atoms with Crippen molar-refractivity contribution < 1.29 is 13.2 Å². The maximum Gasteiger partial charge on any atom is 0.254 e. The SMILES string of the molecule is CCCN(CCC)S(=O)(=O)c1ccc(C(=O)N2CCCC[C@@H]2C)cc1. The minimum absolute atomic E-state index is 0.00452. The fourth-order valence-electron chi connectivity index (χ4n) is 3.34. The fraction of sp³-hybridized carbons (Fsp3) is 0.632. The van der Waals surface area contributed by atoms with Crippen LogP contribution in [0.2, 0.25) is 0 Å². The Labute approximate surface area is 152 Å². The van der Waals surface area contributed by atoms with Gasteiger partial charge in [0.05, 0.1) is 4.90 Å². The summed E-state index contributed by atoms with van der Waals surface area (Å²) >= 11 is 0. The molecule has 1 atom stereocenters. The molecule has 0 aromatic heterocycles. The molecule has 1 aromatic carbocycles. The van der Waals surface area contributed by atoms with E-state index in [0.29, 0.717) is 18.7 Å². The van der Waals surface area contributed by atoms with Crippen LogP contribution in [0.4, 0.5) is 0 Å². The molecule has 2 rings (SSSR count). The van der Waals surface area contributed by atoms with Gasteiger partial charge in [0, 0.05) is 31.2 Å². The lowest BCUT2D eigenvalue weighted by molar-refractivity contribution is 0.0635. The molecule has 5 nitrogen and oxygen atoms in total. The molecule has 1 heterocycles. The highest BCUT2D eigenvalue weighted by Gasteiger charge is 2.26. The molecular formula is C19H30N2O3S. The molecule has 1 aliphatic heterocycles. The average Bonchev–Trinajstić information content (AvgIpc) is 2.61. The van der Waals surface area contributed by atoms with Crippen molar-refractivity contribution in [2.24, 2.45) is 0 Å². The predicted octanol–water partition coefficient (Wildman–Crippen LogP) is 3.51. The number of carbonyl (C=O) groups is 1. The quantitative estimate of drug-likeness (QED) is 0.742. The van der Waals surface area contributed by atoms with Crippen LogP contribution in [0.1, 0.15) is 63.2 Å². The number of rotatable bonds is 7. The lowest BCUT2D eigenvalue weighted by Gasteiger charge is -2.33. The van der Waals surface area contributed by atoms with Gasteiger partial charge < -0.3 is 4.90 Å². The van der Waals surface area contributed by atoms with Gasteiger partial charge in [0.25, 0.3) is 5.91 Å². The van der Waals surface area contributed by atoms with Crippen LogP contribution in [0.5, 0.6) is 0 Å². The van der Waals surface area contributed by atoms with Crippen molar-refractivity contribution in [1.82, 2.24) is 9.21 Å². The molecule has 25 heavy (non-hydrogen) atoms. The minimum Gasteiger partial charge on any atom is -0.336 e. The second-order valence-electron chi connectivity index (χ2n) is 6.77. The number of benzene rings is 1. The summed E-state index contributed by atoms with van der Waals surface area (Å²) in [5.41, 5.74) is 0.560. The Hall–Kier alpha value is -1.40. The number of amides is 1. The van der Waals surface area contributed by atoms with Gasteiger partial charge in [-0.05, 0) is 63.3 Å². The monoisotopic (exact) mass is 366 g/mol. The van der Waals surface area contributed by atoms with Crippen molar-refractivity contribution >= 4 is 15.9 Å². The first-order valence-electron chi connectivity index (χ1n) is 9.33. The summed E-state index contributed by atoms with van der Waals surface area (Å²) in [5.74, 6) is -0.00452. The first-order chi connectivity index (χ1) is 11.9. The molecule has 0 bridgehead atoms. The highest BCUT2D eigenvalue weighted by atomic mass is 32.2. The van der Waals surface area contributed by atoms with Gasteiger partial charge in [0.1, 0.15) is 0 Å². The molecule has 0 spiro atoms. The number of carbonyl (C=O) groups excluding carboxylic acids is 1. The molecule has 140 valence electrons. The summed E-state index contributed by atoms with van der Waals surface area (Å²) in [6.07, 6.45) is 4.78. The molecule has 0 radical (unpaired) electrons. The number of likely N-dealkylation sites (tertiary alicyclic amines) is 1. The van der Waals surface area contributed by atoms with Gasteiger partial charge in [0.15, 0.2) is 0 Å². The molecule has 1 saturated heterocycles. The van der Waals surface area contributed by atoms with E-state index in [9.17, 15) is 13.2 Å². The third kappa shape index (κ3) is 4.61. The van der Waals surface area contributed by atoms with Crippen LogP contribution in [0, 0.1) is 0 Å². The maximum atomic E-state index is 12.8. The van der Waals surface area contributed by atoms with Crippen LogP contribution in [-0.2, 0) is 10.0 Å². The number of nitrogens with zero attached hydrogens (tertiary/aromatic N) is 2. The van der Waals surface area contributed by atoms with Crippen molar-refractivity contribution in [1.29, 1.82) is 0 Å². The van der Waals surface area contributed by atoms with E-state index in [1.807, 2.05) is 18.7 Å². The Morgan fingerprint density at radius 1 is 1.12 bits per heavy atom. The summed E-state index contributed by atoms with van der Waals surface area (Å²) in [6.45, 7) is 7.83. The number of piperidine rings is 1. The number of hydrogen-bond donors (Lipinski definition) is 0. The van der Waals surface area contributed by atoms with Crippen molar-refractivity contribution in [2.75, 3.05) is 19.6 Å². The molecule has 1 fully saturated rings. The third-order valence-corrected chi connectivity index (χ3v) is 6.66. The van der Waals surface area contributed by atoms with Crippen LogP contribution in [0.3, 0.4) is 0 Å². The van der Waals surface area contributed by atoms with Gasteiger partial charge in [0.2, 0.25) is 10.0 Å². The van der Waals surface area contributed by atoms with E-state index >= 15 is 0 Å². The Balaban J connectivity index is 2.19. The molecule has 0 aliphatic carbocycles. The summed E-state index contributed by atoms with van der Waals surface area (Å²) in [7, 11) is -3.50. The molecule has 0 N–H and O–H groups in total. The normalized spacial score (nSPS) is 18.6. The van der Waals surface area contributed by atoms with Gasteiger partial charge >= 0.3 is 0 Å². The third-order valence-electron chi connectivity index (χ3n) is 4.75. The summed E-state index contributed by atoms with van der Waals surface area (Å²) in [6, 6.07) is 6.67. The van der Waals surface area contributed by atoms with Crippen LogP contribution in [0.25, 0.3) is 0 Å². The average molecular weight is 367 g/mol. The Morgan fingerprint density at radius 3 is 2.24 bits per heavy atom. The van der Waals surface area contributed by atoms with Crippen LogP contribution >= 0.6 is 0 Å². The molecule has 1 aromatic rings. The van der Waals surface area contributed by atoms with Gasteiger partial charge in [-0.1, -0.05) is 13.8 Å². The van der Waals surface area contributed by atoms with E-state index in [1.165, 1.54) is 4.31 Å². The smallest absolute Gasteiger partial charge is 0.254 e. The molecule has 0 unspecified atom stereocenters. The first-order valence-corrected chi connectivity index (χ1v) is 10.8. The lowest BCUT2D eigenvalue weighted by atomic mass is 10.0. The minimum atomic E-state index is -3.50. The van der Waals surface area contributed by atoms with Gasteiger partial charge in [-0.25, -0.2) is 8.42 Å². The largest absolute Gasteiger partial charge is 0.336 e. The maximum absolute atomic E-state index is 12.8. The summed E-state index contributed by atoms with van der Waals surface area (Å²) in [5, 5.41) is 0. The van der Waals surface area contributed by atoms with E-state index in [1.54, 1.807) is 24.3 Å². The molecule has 6 heteroatoms. The van der Waals surface area contributed by atoms with Crippen molar-refractivity contribution in [3.8, 4) is 0 Å². The molecule has 1 amide bonds. The van der Waals surface area contributed by atoms with E-state index in [4.69, 9.17) is 0 Å². The second kappa shape index (κ2) is 8.81. The van der Waals surface area contributed by atoms with Crippen molar-refractivity contribution in [3.63, 3.8) is 0 Å².